The van der Waals surface area contributed by atoms with Crippen LogP contribution in [0.1, 0.15) is 29.7 Å². The summed E-state index contributed by atoms with van der Waals surface area (Å²) in [5.74, 6) is 0.256. The quantitative estimate of drug-likeness (QED) is 0.712. The zero-order chi connectivity index (χ0) is 18.7. The molecule has 1 amide bonds. The second kappa shape index (κ2) is 7.44. The van der Waals surface area contributed by atoms with E-state index in [-0.39, 0.29) is 18.6 Å². The smallest absolute Gasteiger partial charge is 0.336 e. The molecule has 0 aliphatic carbocycles. The SMILES string of the molecule is Cc1ccc(C(C)NC(=O)COc2ccc3ccc(=O)oc3c2)cc1C. The van der Waals surface area contributed by atoms with Gasteiger partial charge in [-0.25, -0.2) is 4.79 Å². The summed E-state index contributed by atoms with van der Waals surface area (Å²) in [6.45, 7) is 5.93. The average Bonchev–Trinajstić information content (AvgIpc) is 2.61. The summed E-state index contributed by atoms with van der Waals surface area (Å²) in [6, 6.07) is 14.2. The fourth-order valence-corrected chi connectivity index (χ4v) is 2.68. The number of carbonyl (C=O) groups is 1. The van der Waals surface area contributed by atoms with Crippen LogP contribution in [0.15, 0.2) is 57.7 Å². The molecule has 3 rings (SSSR count). The van der Waals surface area contributed by atoms with Crippen LogP contribution in [0.3, 0.4) is 0 Å². The number of ether oxygens (including phenoxy) is 1. The maximum Gasteiger partial charge on any atom is 0.336 e. The number of hydrogen-bond acceptors (Lipinski definition) is 4. The summed E-state index contributed by atoms with van der Waals surface area (Å²) >= 11 is 0. The van der Waals surface area contributed by atoms with Gasteiger partial charge in [0.15, 0.2) is 6.61 Å². The van der Waals surface area contributed by atoms with E-state index >= 15 is 0 Å². The van der Waals surface area contributed by atoms with E-state index in [0.29, 0.717) is 11.3 Å². The van der Waals surface area contributed by atoms with E-state index in [0.717, 1.165) is 10.9 Å². The molecule has 0 aliphatic heterocycles. The first-order valence-corrected chi connectivity index (χ1v) is 8.45. The van der Waals surface area contributed by atoms with Crippen LogP contribution in [0.2, 0.25) is 0 Å². The number of fused-ring (bicyclic) bond motifs is 1. The molecule has 1 heterocycles. The van der Waals surface area contributed by atoms with Gasteiger partial charge in [-0.15, -0.1) is 0 Å². The first-order valence-electron chi connectivity index (χ1n) is 8.45. The number of carbonyl (C=O) groups excluding carboxylic acids is 1. The molecule has 0 saturated heterocycles. The number of amides is 1. The van der Waals surface area contributed by atoms with Gasteiger partial charge in [0.1, 0.15) is 11.3 Å². The fourth-order valence-electron chi connectivity index (χ4n) is 2.68. The van der Waals surface area contributed by atoms with Crippen LogP contribution < -0.4 is 15.7 Å². The van der Waals surface area contributed by atoms with Gasteiger partial charge in [0, 0.05) is 17.5 Å². The molecular formula is C21H21NO4. The van der Waals surface area contributed by atoms with Gasteiger partial charge in [0.25, 0.3) is 5.91 Å². The minimum absolute atomic E-state index is 0.111. The predicted octanol–water partition coefficient (Wildman–Crippen LogP) is 3.67. The lowest BCUT2D eigenvalue weighted by molar-refractivity contribution is -0.123. The molecule has 0 radical (unpaired) electrons. The predicted molar refractivity (Wildman–Crippen MR) is 100 cm³/mol. The lowest BCUT2D eigenvalue weighted by Crippen LogP contribution is -2.31. The highest BCUT2D eigenvalue weighted by atomic mass is 16.5. The second-order valence-corrected chi connectivity index (χ2v) is 6.38. The largest absolute Gasteiger partial charge is 0.484 e. The molecule has 5 nitrogen and oxygen atoms in total. The fraction of sp³-hybridized carbons (Fsp3) is 0.238. The Bertz CT molecular complexity index is 1010. The Morgan fingerprint density at radius 1 is 1.08 bits per heavy atom. The summed E-state index contributed by atoms with van der Waals surface area (Å²) in [4.78, 5) is 23.5. The van der Waals surface area contributed by atoms with Crippen LogP contribution in [0.4, 0.5) is 0 Å². The van der Waals surface area contributed by atoms with E-state index in [9.17, 15) is 9.59 Å². The normalized spacial score (nSPS) is 12.0. The van der Waals surface area contributed by atoms with Gasteiger partial charge in [-0.05, 0) is 55.7 Å². The van der Waals surface area contributed by atoms with Crippen molar-refractivity contribution in [3.05, 3.63) is 75.6 Å². The third-order valence-electron chi connectivity index (χ3n) is 4.37. The number of aryl methyl sites for hydroxylation is 2. The molecule has 5 heteroatoms. The van der Waals surface area contributed by atoms with Crippen molar-refractivity contribution in [1.82, 2.24) is 5.32 Å². The van der Waals surface area contributed by atoms with Crippen molar-refractivity contribution in [3.8, 4) is 5.75 Å². The van der Waals surface area contributed by atoms with E-state index < -0.39 is 5.63 Å². The number of rotatable bonds is 5. The summed E-state index contributed by atoms with van der Waals surface area (Å²) in [5, 5.41) is 3.72. The third-order valence-corrected chi connectivity index (χ3v) is 4.37. The van der Waals surface area contributed by atoms with Crippen LogP contribution in [0.25, 0.3) is 11.0 Å². The van der Waals surface area contributed by atoms with Crippen LogP contribution in [0, 0.1) is 13.8 Å². The topological polar surface area (TPSA) is 68.5 Å². The molecule has 0 aliphatic rings. The van der Waals surface area contributed by atoms with Gasteiger partial charge in [0.2, 0.25) is 0 Å². The number of hydrogen-bond donors (Lipinski definition) is 1. The van der Waals surface area contributed by atoms with Crippen molar-refractivity contribution in [2.24, 2.45) is 0 Å². The Morgan fingerprint density at radius 3 is 2.62 bits per heavy atom. The molecule has 1 unspecified atom stereocenters. The Kier molecular flexibility index (Phi) is 5.07. The van der Waals surface area contributed by atoms with Crippen molar-refractivity contribution in [3.63, 3.8) is 0 Å². The third kappa shape index (κ3) is 4.11. The zero-order valence-corrected chi connectivity index (χ0v) is 15.0. The van der Waals surface area contributed by atoms with Gasteiger partial charge >= 0.3 is 5.63 Å². The molecule has 0 spiro atoms. The average molecular weight is 351 g/mol. The van der Waals surface area contributed by atoms with Crippen molar-refractivity contribution >= 4 is 16.9 Å². The van der Waals surface area contributed by atoms with Crippen LogP contribution >= 0.6 is 0 Å². The molecule has 0 bridgehead atoms. The minimum atomic E-state index is -0.422. The Balaban J connectivity index is 1.61. The van der Waals surface area contributed by atoms with Crippen molar-refractivity contribution in [1.29, 1.82) is 0 Å². The van der Waals surface area contributed by atoms with E-state index in [4.69, 9.17) is 9.15 Å². The Morgan fingerprint density at radius 2 is 1.85 bits per heavy atom. The van der Waals surface area contributed by atoms with Crippen molar-refractivity contribution in [2.45, 2.75) is 26.8 Å². The molecule has 1 aromatic heterocycles. The van der Waals surface area contributed by atoms with E-state index in [1.54, 1.807) is 24.3 Å². The molecule has 0 saturated carbocycles. The highest BCUT2D eigenvalue weighted by Crippen LogP contribution is 2.20. The lowest BCUT2D eigenvalue weighted by Gasteiger charge is -2.16. The highest BCUT2D eigenvalue weighted by Gasteiger charge is 2.11. The molecule has 26 heavy (non-hydrogen) atoms. The minimum Gasteiger partial charge on any atom is -0.484 e. The monoisotopic (exact) mass is 351 g/mol. The maximum absolute atomic E-state index is 12.2. The van der Waals surface area contributed by atoms with Crippen molar-refractivity contribution in [2.75, 3.05) is 6.61 Å². The van der Waals surface area contributed by atoms with Crippen LogP contribution in [-0.2, 0) is 4.79 Å². The van der Waals surface area contributed by atoms with Gasteiger partial charge in [-0.1, -0.05) is 18.2 Å². The maximum atomic E-state index is 12.2. The number of nitrogens with one attached hydrogen (secondary N) is 1. The molecular weight excluding hydrogens is 330 g/mol. The van der Waals surface area contributed by atoms with E-state index in [2.05, 4.69) is 25.2 Å². The molecule has 3 aromatic rings. The highest BCUT2D eigenvalue weighted by molar-refractivity contribution is 5.79. The lowest BCUT2D eigenvalue weighted by atomic mass is 10.0. The Hall–Kier alpha value is -3.08. The van der Waals surface area contributed by atoms with Crippen LogP contribution in [-0.4, -0.2) is 12.5 Å². The molecule has 1 atom stereocenters. The summed E-state index contributed by atoms with van der Waals surface area (Å²) in [5.41, 5.74) is 3.47. The summed E-state index contributed by atoms with van der Waals surface area (Å²) in [6.07, 6.45) is 0. The molecule has 0 fully saturated rings. The standard InChI is InChI=1S/C21H21NO4/c1-13-4-5-17(10-14(13)2)15(3)22-20(23)12-25-18-8-6-16-7-9-21(24)26-19(16)11-18/h4-11,15H,12H2,1-3H3,(H,22,23). The van der Waals surface area contributed by atoms with Crippen molar-refractivity contribution < 1.29 is 13.9 Å². The van der Waals surface area contributed by atoms with Gasteiger partial charge < -0.3 is 14.5 Å². The summed E-state index contributed by atoms with van der Waals surface area (Å²) < 4.78 is 10.6. The van der Waals surface area contributed by atoms with Crippen LogP contribution in [0.5, 0.6) is 5.75 Å². The molecule has 1 N–H and O–H groups in total. The van der Waals surface area contributed by atoms with E-state index in [1.165, 1.54) is 17.2 Å². The zero-order valence-electron chi connectivity index (χ0n) is 15.0. The first-order chi connectivity index (χ1) is 12.4. The first kappa shape index (κ1) is 17.7. The Labute approximate surface area is 151 Å². The van der Waals surface area contributed by atoms with Gasteiger partial charge in [0.05, 0.1) is 6.04 Å². The van der Waals surface area contributed by atoms with E-state index in [1.807, 2.05) is 19.1 Å². The van der Waals surface area contributed by atoms with Gasteiger partial charge in [-0.3, -0.25) is 4.79 Å². The second-order valence-electron chi connectivity index (χ2n) is 6.38. The molecule has 2 aromatic carbocycles. The summed E-state index contributed by atoms with van der Waals surface area (Å²) in [7, 11) is 0. The van der Waals surface area contributed by atoms with Gasteiger partial charge in [-0.2, -0.15) is 0 Å². The molecule has 134 valence electrons. The number of benzene rings is 2.